The maximum Gasteiger partial charge on any atom is 0.224 e. The first-order chi connectivity index (χ1) is 8.04. The predicted octanol–water partition coefficient (Wildman–Crippen LogP) is 1.41. The van der Waals surface area contributed by atoms with Crippen LogP contribution in [0.5, 0.6) is 0 Å². The average Bonchev–Trinajstić information content (AvgIpc) is 2.72. The summed E-state index contributed by atoms with van der Waals surface area (Å²) in [5.41, 5.74) is 0. The molecule has 96 valence electrons. The van der Waals surface area contributed by atoms with E-state index in [1.165, 1.54) is 0 Å². The third-order valence-corrected chi connectivity index (χ3v) is 2.52. The van der Waals surface area contributed by atoms with Crippen LogP contribution in [0.4, 0.5) is 0 Å². The van der Waals surface area contributed by atoms with Gasteiger partial charge in [-0.1, -0.05) is 13.8 Å². The smallest absolute Gasteiger partial charge is 0.224 e. The predicted molar refractivity (Wildman–Crippen MR) is 65.5 cm³/mol. The molecule has 0 aliphatic carbocycles. The van der Waals surface area contributed by atoms with Crippen molar-refractivity contribution in [2.45, 2.75) is 33.7 Å². The van der Waals surface area contributed by atoms with Crippen molar-refractivity contribution in [3.05, 3.63) is 17.8 Å². The Morgan fingerprint density at radius 1 is 1.53 bits per heavy atom. The fourth-order valence-electron chi connectivity index (χ4n) is 1.44. The zero-order valence-corrected chi connectivity index (χ0v) is 10.9. The number of hydrogen-bond donors (Lipinski definition) is 2. The van der Waals surface area contributed by atoms with Crippen LogP contribution < -0.4 is 10.6 Å². The number of aryl methyl sites for hydroxylation is 1. The van der Waals surface area contributed by atoms with Crippen LogP contribution in [0, 0.1) is 12.8 Å². The molecule has 1 rings (SSSR count). The van der Waals surface area contributed by atoms with Crippen LogP contribution in [0.25, 0.3) is 0 Å². The summed E-state index contributed by atoms with van der Waals surface area (Å²) in [7, 11) is 0. The van der Waals surface area contributed by atoms with E-state index in [1.807, 2.05) is 27.7 Å². The van der Waals surface area contributed by atoms with Gasteiger partial charge < -0.3 is 15.1 Å². The number of hydrogen-bond acceptors (Lipinski definition) is 4. The summed E-state index contributed by atoms with van der Waals surface area (Å²) in [6.07, 6.45) is 1.65. The van der Waals surface area contributed by atoms with Crippen LogP contribution in [0.2, 0.25) is 0 Å². The van der Waals surface area contributed by atoms with Gasteiger partial charge in [0.15, 0.2) is 0 Å². The zero-order chi connectivity index (χ0) is 12.8. The number of carbonyl (C=O) groups excluding carboxylic acids is 1. The third-order valence-electron chi connectivity index (χ3n) is 2.52. The van der Waals surface area contributed by atoms with E-state index in [2.05, 4.69) is 15.6 Å². The summed E-state index contributed by atoms with van der Waals surface area (Å²) < 4.78 is 5.37. The van der Waals surface area contributed by atoms with Gasteiger partial charge in [0.25, 0.3) is 0 Å². The second kappa shape index (κ2) is 6.39. The maximum atomic E-state index is 11.8. The number of rotatable bonds is 6. The summed E-state index contributed by atoms with van der Waals surface area (Å²) in [6.45, 7) is 9.15. The van der Waals surface area contributed by atoms with E-state index >= 15 is 0 Å². The Kier molecular flexibility index (Phi) is 5.15. The van der Waals surface area contributed by atoms with E-state index in [4.69, 9.17) is 4.42 Å². The number of oxazole rings is 1. The van der Waals surface area contributed by atoms with Gasteiger partial charge in [-0.3, -0.25) is 4.79 Å². The van der Waals surface area contributed by atoms with Gasteiger partial charge in [-0.25, -0.2) is 4.98 Å². The summed E-state index contributed by atoms with van der Waals surface area (Å²) in [5, 5.41) is 6.03. The zero-order valence-electron chi connectivity index (χ0n) is 10.9. The molecular formula is C12H21N3O2. The molecule has 5 heteroatoms. The number of aromatic nitrogens is 1. The summed E-state index contributed by atoms with van der Waals surface area (Å²) >= 11 is 0. The minimum Gasteiger partial charge on any atom is -0.444 e. The van der Waals surface area contributed by atoms with Crippen LogP contribution in [-0.2, 0) is 4.79 Å². The number of nitrogens with zero attached hydrogens (tertiary/aromatic N) is 1. The Morgan fingerprint density at radius 3 is 2.76 bits per heavy atom. The van der Waals surface area contributed by atoms with Gasteiger partial charge in [-0.15, -0.1) is 0 Å². The molecule has 0 fully saturated rings. The van der Waals surface area contributed by atoms with Crippen molar-refractivity contribution < 1.29 is 9.21 Å². The van der Waals surface area contributed by atoms with Crippen molar-refractivity contribution in [1.29, 1.82) is 0 Å². The highest BCUT2D eigenvalue weighted by Gasteiger charge is 2.18. The number of amides is 1. The lowest BCUT2D eigenvalue weighted by molar-refractivity contribution is -0.125. The van der Waals surface area contributed by atoms with Crippen molar-refractivity contribution in [2.75, 3.05) is 13.1 Å². The van der Waals surface area contributed by atoms with Crippen LogP contribution in [0.1, 0.15) is 38.5 Å². The Balaban J connectivity index is 2.45. The van der Waals surface area contributed by atoms with E-state index in [-0.39, 0.29) is 17.9 Å². The molecule has 0 aliphatic heterocycles. The standard InChI is InChI=1S/C12H21N3O2/c1-5-13-6-8(2)11(16)15-10(4)12-14-7-9(3)17-12/h7-8,10,13H,5-6H2,1-4H3,(H,15,16). The van der Waals surface area contributed by atoms with Gasteiger partial charge in [0.1, 0.15) is 11.8 Å². The largest absolute Gasteiger partial charge is 0.444 e. The molecule has 1 aromatic heterocycles. The number of nitrogens with one attached hydrogen (secondary N) is 2. The van der Waals surface area contributed by atoms with Crippen molar-refractivity contribution in [3.63, 3.8) is 0 Å². The van der Waals surface area contributed by atoms with Crippen molar-refractivity contribution in [1.82, 2.24) is 15.6 Å². The van der Waals surface area contributed by atoms with Gasteiger partial charge in [-0.05, 0) is 20.4 Å². The fraction of sp³-hybridized carbons (Fsp3) is 0.667. The van der Waals surface area contributed by atoms with Gasteiger partial charge in [0.05, 0.1) is 6.20 Å². The van der Waals surface area contributed by atoms with Gasteiger partial charge in [-0.2, -0.15) is 0 Å². The second-order valence-corrected chi connectivity index (χ2v) is 4.25. The lowest BCUT2D eigenvalue weighted by atomic mass is 10.1. The topological polar surface area (TPSA) is 67.2 Å². The highest BCUT2D eigenvalue weighted by atomic mass is 16.4. The molecule has 0 aromatic carbocycles. The highest BCUT2D eigenvalue weighted by Crippen LogP contribution is 2.12. The van der Waals surface area contributed by atoms with Crippen molar-refractivity contribution in [2.24, 2.45) is 5.92 Å². The lowest BCUT2D eigenvalue weighted by Crippen LogP contribution is -2.36. The van der Waals surface area contributed by atoms with Gasteiger partial charge in [0.2, 0.25) is 11.8 Å². The molecule has 2 atom stereocenters. The lowest BCUT2D eigenvalue weighted by Gasteiger charge is -2.15. The molecule has 0 spiro atoms. The van der Waals surface area contributed by atoms with E-state index in [0.717, 1.165) is 12.3 Å². The summed E-state index contributed by atoms with van der Waals surface area (Å²) in [5.74, 6) is 1.25. The SMILES string of the molecule is CCNCC(C)C(=O)NC(C)c1ncc(C)o1. The molecule has 0 aliphatic rings. The molecule has 0 bridgehead atoms. The average molecular weight is 239 g/mol. The molecular weight excluding hydrogens is 218 g/mol. The summed E-state index contributed by atoms with van der Waals surface area (Å²) in [4.78, 5) is 15.9. The normalized spacial score (nSPS) is 14.4. The molecule has 1 heterocycles. The third kappa shape index (κ3) is 4.19. The first-order valence-electron chi connectivity index (χ1n) is 5.98. The number of carbonyl (C=O) groups is 1. The molecule has 17 heavy (non-hydrogen) atoms. The van der Waals surface area contributed by atoms with E-state index in [1.54, 1.807) is 6.20 Å². The molecule has 2 unspecified atom stereocenters. The van der Waals surface area contributed by atoms with Gasteiger partial charge in [0, 0.05) is 12.5 Å². The Labute approximate surface area is 102 Å². The minimum atomic E-state index is -0.194. The Hall–Kier alpha value is -1.36. The maximum absolute atomic E-state index is 11.8. The fourth-order valence-corrected chi connectivity index (χ4v) is 1.44. The molecule has 0 saturated carbocycles. The summed E-state index contributed by atoms with van der Waals surface area (Å²) in [6, 6.07) is -0.194. The first-order valence-corrected chi connectivity index (χ1v) is 5.98. The molecule has 0 saturated heterocycles. The van der Waals surface area contributed by atoms with Crippen molar-refractivity contribution in [3.8, 4) is 0 Å². The van der Waals surface area contributed by atoms with Crippen LogP contribution in [0.3, 0.4) is 0 Å². The first kappa shape index (κ1) is 13.7. The Morgan fingerprint density at radius 2 is 2.24 bits per heavy atom. The van der Waals surface area contributed by atoms with E-state index in [9.17, 15) is 4.79 Å². The molecule has 2 N–H and O–H groups in total. The molecule has 1 amide bonds. The molecule has 1 aromatic rings. The van der Waals surface area contributed by atoms with Crippen LogP contribution >= 0.6 is 0 Å². The highest BCUT2D eigenvalue weighted by molar-refractivity contribution is 5.78. The Bertz CT molecular complexity index is 362. The quantitative estimate of drug-likeness (QED) is 0.787. The van der Waals surface area contributed by atoms with E-state index < -0.39 is 0 Å². The van der Waals surface area contributed by atoms with Crippen LogP contribution in [0.15, 0.2) is 10.6 Å². The van der Waals surface area contributed by atoms with Gasteiger partial charge >= 0.3 is 0 Å². The molecule has 5 nitrogen and oxygen atoms in total. The van der Waals surface area contributed by atoms with Crippen molar-refractivity contribution >= 4 is 5.91 Å². The van der Waals surface area contributed by atoms with E-state index in [0.29, 0.717) is 12.4 Å². The minimum absolute atomic E-state index is 0.00861. The van der Waals surface area contributed by atoms with Crippen LogP contribution in [-0.4, -0.2) is 24.0 Å². The molecule has 0 radical (unpaired) electrons. The second-order valence-electron chi connectivity index (χ2n) is 4.25. The monoisotopic (exact) mass is 239 g/mol.